The predicted molar refractivity (Wildman–Crippen MR) is 40.1 cm³/mol. The molecule has 0 fully saturated rings. The van der Waals surface area contributed by atoms with Crippen molar-refractivity contribution in [3.8, 4) is 0 Å². The third kappa shape index (κ3) is 5.59. The summed E-state index contributed by atoms with van der Waals surface area (Å²) in [4.78, 5) is 11.6. The molecule has 0 aliphatic rings. The molecule has 0 aliphatic heterocycles. The SMILES string of the molecule is C=C(Cl)CN(C)CC(=O)O. The molecule has 0 radical (unpaired) electrons. The molecule has 0 unspecified atom stereocenters. The molecule has 3 nitrogen and oxygen atoms in total. The molecule has 0 saturated carbocycles. The summed E-state index contributed by atoms with van der Waals surface area (Å²) in [5.74, 6) is -0.861. The van der Waals surface area contributed by atoms with Crippen LogP contribution >= 0.6 is 11.6 Å². The van der Waals surface area contributed by atoms with Crippen molar-refractivity contribution in [3.63, 3.8) is 0 Å². The van der Waals surface area contributed by atoms with Gasteiger partial charge in [0.15, 0.2) is 0 Å². The van der Waals surface area contributed by atoms with Gasteiger partial charge in [-0.2, -0.15) is 0 Å². The summed E-state index contributed by atoms with van der Waals surface area (Å²) in [5.41, 5.74) is 0. The molecule has 0 amide bonds. The van der Waals surface area contributed by atoms with Crippen LogP contribution in [0, 0.1) is 0 Å². The van der Waals surface area contributed by atoms with Gasteiger partial charge in [0.25, 0.3) is 0 Å². The Balaban J connectivity index is 3.53. The van der Waals surface area contributed by atoms with E-state index < -0.39 is 5.97 Å². The Labute approximate surface area is 64.9 Å². The largest absolute Gasteiger partial charge is 0.480 e. The molecular weight excluding hydrogens is 154 g/mol. The molecular formula is C6H10ClNO2. The second-order valence-electron chi connectivity index (χ2n) is 2.08. The lowest BCUT2D eigenvalue weighted by Gasteiger charge is -2.11. The van der Waals surface area contributed by atoms with Gasteiger partial charge in [-0.15, -0.1) is 0 Å². The fourth-order valence-corrected chi connectivity index (χ4v) is 0.784. The van der Waals surface area contributed by atoms with Crippen LogP contribution in [0.3, 0.4) is 0 Å². The first kappa shape index (κ1) is 9.46. The number of rotatable bonds is 4. The van der Waals surface area contributed by atoms with Crippen LogP contribution in [0.5, 0.6) is 0 Å². The standard InChI is InChI=1S/C6H10ClNO2/c1-5(7)3-8(2)4-6(9)10/h1,3-4H2,2H3,(H,9,10). The molecule has 58 valence electrons. The maximum atomic E-state index is 10.1. The summed E-state index contributed by atoms with van der Waals surface area (Å²) in [6.07, 6.45) is 0. The Kier molecular flexibility index (Phi) is 4.07. The number of aliphatic carboxylic acids is 1. The average Bonchev–Trinajstić information content (AvgIpc) is 1.58. The maximum Gasteiger partial charge on any atom is 0.317 e. The second kappa shape index (κ2) is 4.30. The number of hydrogen-bond acceptors (Lipinski definition) is 2. The van der Waals surface area contributed by atoms with Crippen LogP contribution in [0.2, 0.25) is 0 Å². The zero-order valence-corrected chi connectivity index (χ0v) is 6.56. The molecule has 0 spiro atoms. The van der Waals surface area contributed by atoms with Crippen LogP contribution < -0.4 is 0 Å². The van der Waals surface area contributed by atoms with Crippen molar-refractivity contribution >= 4 is 17.6 Å². The Morgan fingerprint density at radius 1 is 1.70 bits per heavy atom. The van der Waals surface area contributed by atoms with Crippen LogP contribution in [0.1, 0.15) is 0 Å². The van der Waals surface area contributed by atoms with E-state index in [-0.39, 0.29) is 6.54 Å². The summed E-state index contributed by atoms with van der Waals surface area (Å²) in [6, 6.07) is 0. The summed E-state index contributed by atoms with van der Waals surface area (Å²) < 4.78 is 0. The van der Waals surface area contributed by atoms with Crippen molar-refractivity contribution in [1.29, 1.82) is 0 Å². The van der Waals surface area contributed by atoms with Gasteiger partial charge in [0.2, 0.25) is 0 Å². The third-order valence-electron chi connectivity index (χ3n) is 0.847. The van der Waals surface area contributed by atoms with Crippen LogP contribution in [0.4, 0.5) is 0 Å². The van der Waals surface area contributed by atoms with Crippen LogP contribution in [0.25, 0.3) is 0 Å². The van der Waals surface area contributed by atoms with Gasteiger partial charge in [-0.05, 0) is 7.05 Å². The minimum absolute atomic E-state index is 0.00819. The molecule has 0 aromatic rings. The van der Waals surface area contributed by atoms with Gasteiger partial charge in [-0.3, -0.25) is 9.69 Å². The number of likely N-dealkylation sites (N-methyl/N-ethyl adjacent to an activating group) is 1. The van der Waals surface area contributed by atoms with E-state index in [2.05, 4.69) is 6.58 Å². The number of carboxylic acids is 1. The Hall–Kier alpha value is -0.540. The minimum Gasteiger partial charge on any atom is -0.480 e. The third-order valence-corrected chi connectivity index (χ3v) is 0.966. The fourth-order valence-electron chi connectivity index (χ4n) is 0.580. The summed E-state index contributed by atoms with van der Waals surface area (Å²) >= 11 is 5.43. The highest BCUT2D eigenvalue weighted by atomic mass is 35.5. The van der Waals surface area contributed by atoms with E-state index in [0.717, 1.165) is 0 Å². The van der Waals surface area contributed by atoms with Gasteiger partial charge in [0.1, 0.15) is 0 Å². The monoisotopic (exact) mass is 163 g/mol. The lowest BCUT2D eigenvalue weighted by Crippen LogP contribution is -2.26. The van der Waals surface area contributed by atoms with E-state index in [0.29, 0.717) is 11.6 Å². The summed E-state index contributed by atoms with van der Waals surface area (Å²) in [5, 5.41) is 8.73. The van der Waals surface area contributed by atoms with E-state index >= 15 is 0 Å². The van der Waals surface area contributed by atoms with Crippen molar-refractivity contribution in [2.75, 3.05) is 20.1 Å². The number of halogens is 1. The molecule has 10 heavy (non-hydrogen) atoms. The molecule has 1 N–H and O–H groups in total. The normalized spacial score (nSPS) is 9.90. The lowest BCUT2D eigenvalue weighted by atomic mass is 10.5. The summed E-state index contributed by atoms with van der Waals surface area (Å²) in [7, 11) is 1.67. The maximum absolute atomic E-state index is 10.1. The molecule has 0 atom stereocenters. The van der Waals surface area contributed by atoms with E-state index in [1.54, 1.807) is 11.9 Å². The minimum atomic E-state index is -0.861. The van der Waals surface area contributed by atoms with E-state index in [1.165, 1.54) is 0 Å². The van der Waals surface area contributed by atoms with Gasteiger partial charge in [0.05, 0.1) is 6.54 Å². The molecule has 0 saturated heterocycles. The zero-order chi connectivity index (χ0) is 8.15. The first-order chi connectivity index (χ1) is 4.52. The van der Waals surface area contributed by atoms with Crippen LogP contribution in [-0.4, -0.2) is 36.1 Å². The van der Waals surface area contributed by atoms with Crippen molar-refractivity contribution < 1.29 is 9.90 Å². The van der Waals surface area contributed by atoms with Crippen molar-refractivity contribution in [1.82, 2.24) is 4.90 Å². The molecule has 0 aliphatic carbocycles. The van der Waals surface area contributed by atoms with Gasteiger partial charge >= 0.3 is 5.97 Å². The number of hydrogen-bond donors (Lipinski definition) is 1. The van der Waals surface area contributed by atoms with E-state index in [1.807, 2.05) is 0 Å². The van der Waals surface area contributed by atoms with Crippen molar-refractivity contribution in [3.05, 3.63) is 11.6 Å². The lowest BCUT2D eigenvalue weighted by molar-refractivity contribution is -0.137. The topological polar surface area (TPSA) is 40.5 Å². The molecule has 0 aromatic carbocycles. The first-order valence-corrected chi connectivity index (χ1v) is 3.14. The first-order valence-electron chi connectivity index (χ1n) is 2.76. The van der Waals surface area contributed by atoms with E-state index in [4.69, 9.17) is 16.7 Å². The highest BCUT2D eigenvalue weighted by molar-refractivity contribution is 6.29. The number of carbonyl (C=O) groups is 1. The molecule has 4 heteroatoms. The Morgan fingerprint density at radius 2 is 2.20 bits per heavy atom. The van der Waals surface area contributed by atoms with Crippen LogP contribution in [0.15, 0.2) is 11.6 Å². The predicted octanol–water partition coefficient (Wildman–Crippen LogP) is 0.755. The highest BCUT2D eigenvalue weighted by Crippen LogP contribution is 1.97. The smallest absolute Gasteiger partial charge is 0.317 e. The van der Waals surface area contributed by atoms with Gasteiger partial charge in [0, 0.05) is 11.6 Å². The molecule has 0 aromatic heterocycles. The van der Waals surface area contributed by atoms with Gasteiger partial charge < -0.3 is 5.11 Å². The number of nitrogens with zero attached hydrogens (tertiary/aromatic N) is 1. The fraction of sp³-hybridized carbons (Fsp3) is 0.500. The van der Waals surface area contributed by atoms with E-state index in [9.17, 15) is 4.79 Å². The highest BCUT2D eigenvalue weighted by Gasteiger charge is 2.03. The van der Waals surface area contributed by atoms with Crippen molar-refractivity contribution in [2.24, 2.45) is 0 Å². The van der Waals surface area contributed by atoms with Gasteiger partial charge in [-0.1, -0.05) is 18.2 Å². The quantitative estimate of drug-likeness (QED) is 0.665. The molecule has 0 heterocycles. The Morgan fingerprint density at radius 3 is 2.50 bits per heavy atom. The second-order valence-corrected chi connectivity index (χ2v) is 2.62. The van der Waals surface area contributed by atoms with Gasteiger partial charge in [-0.25, -0.2) is 0 Å². The Bertz CT molecular complexity index is 131. The van der Waals surface area contributed by atoms with Crippen LogP contribution in [-0.2, 0) is 4.79 Å². The zero-order valence-electron chi connectivity index (χ0n) is 5.80. The number of carboxylic acid groups (broad SMARTS) is 1. The average molecular weight is 164 g/mol. The molecule has 0 rings (SSSR count). The molecule has 0 bridgehead atoms. The van der Waals surface area contributed by atoms with Crippen molar-refractivity contribution in [2.45, 2.75) is 0 Å². The summed E-state index contributed by atoms with van der Waals surface area (Å²) in [6.45, 7) is 3.84.